The summed E-state index contributed by atoms with van der Waals surface area (Å²) in [4.78, 5) is 11.3. The normalized spacial score (nSPS) is 9.80. The van der Waals surface area contributed by atoms with Crippen LogP contribution in [0.4, 0.5) is 0 Å². The molecule has 0 bridgehead atoms. The van der Waals surface area contributed by atoms with Crippen molar-refractivity contribution in [2.75, 3.05) is 6.61 Å². The van der Waals surface area contributed by atoms with E-state index in [0.717, 1.165) is 17.7 Å². The zero-order chi connectivity index (χ0) is 14.6. The van der Waals surface area contributed by atoms with Crippen LogP contribution < -0.4 is 10.1 Å². The molecule has 0 unspecified atom stereocenters. The lowest BCUT2D eigenvalue weighted by Crippen LogP contribution is -2.22. The zero-order valence-electron chi connectivity index (χ0n) is 12.0. The first-order chi connectivity index (χ1) is 9.77. The Morgan fingerprint density at radius 2 is 2.10 bits per heavy atom. The summed E-state index contributed by atoms with van der Waals surface area (Å²) in [6, 6.07) is 9.49. The fraction of sp³-hybridized carbons (Fsp3) is 0.500. The van der Waals surface area contributed by atoms with Crippen molar-refractivity contribution in [2.45, 2.75) is 45.6 Å². The number of para-hydroxylation sites is 1. The van der Waals surface area contributed by atoms with Crippen LogP contribution >= 0.6 is 0 Å². The smallest absolute Gasteiger partial charge is 0.234 e. The van der Waals surface area contributed by atoms with Crippen LogP contribution in [0.15, 0.2) is 24.3 Å². The summed E-state index contributed by atoms with van der Waals surface area (Å²) in [5.74, 6) is 0.548. The largest absolute Gasteiger partial charge is 0.493 e. The number of hydrogen-bond donors (Lipinski definition) is 1. The van der Waals surface area contributed by atoms with Crippen molar-refractivity contribution < 1.29 is 9.53 Å². The second-order valence-corrected chi connectivity index (χ2v) is 4.63. The van der Waals surface area contributed by atoms with Gasteiger partial charge in [0.05, 0.1) is 12.7 Å². The third-order valence-corrected chi connectivity index (χ3v) is 2.94. The molecule has 0 heterocycles. The van der Waals surface area contributed by atoms with Crippen LogP contribution in [0.25, 0.3) is 0 Å². The van der Waals surface area contributed by atoms with Gasteiger partial charge in [-0.15, -0.1) is 0 Å². The van der Waals surface area contributed by atoms with Crippen LogP contribution in [0.1, 0.15) is 44.6 Å². The fourth-order valence-corrected chi connectivity index (χ4v) is 1.83. The van der Waals surface area contributed by atoms with Gasteiger partial charge in [-0.3, -0.25) is 4.79 Å². The van der Waals surface area contributed by atoms with Crippen LogP contribution in [0.2, 0.25) is 0 Å². The van der Waals surface area contributed by atoms with Crippen LogP contribution in [-0.2, 0) is 11.3 Å². The maximum Gasteiger partial charge on any atom is 0.234 e. The van der Waals surface area contributed by atoms with E-state index in [1.807, 2.05) is 30.3 Å². The predicted molar refractivity (Wildman–Crippen MR) is 78.2 cm³/mol. The van der Waals surface area contributed by atoms with Crippen molar-refractivity contribution in [1.29, 1.82) is 5.26 Å². The summed E-state index contributed by atoms with van der Waals surface area (Å²) in [6.07, 6.45) is 4.55. The Bertz CT molecular complexity index is 452. The minimum atomic E-state index is -0.259. The number of nitriles is 1. The quantitative estimate of drug-likeness (QED) is 0.703. The minimum absolute atomic E-state index is 0.111. The lowest BCUT2D eigenvalue weighted by Gasteiger charge is -2.11. The number of unbranched alkanes of at least 4 members (excludes halogenated alkanes) is 3. The van der Waals surface area contributed by atoms with Crippen LogP contribution in [-0.4, -0.2) is 12.5 Å². The van der Waals surface area contributed by atoms with Gasteiger partial charge >= 0.3 is 0 Å². The Balaban J connectivity index is 2.42. The molecule has 0 radical (unpaired) electrons. The molecule has 0 aliphatic rings. The SMILES string of the molecule is CCCCCCOc1ccccc1CNC(=O)CC#N. The molecule has 4 nitrogen and oxygen atoms in total. The van der Waals surface area contributed by atoms with Gasteiger partial charge in [0.15, 0.2) is 0 Å². The molecule has 4 heteroatoms. The molecule has 0 saturated carbocycles. The van der Waals surface area contributed by atoms with Gasteiger partial charge in [-0.2, -0.15) is 5.26 Å². The number of nitrogens with zero attached hydrogens (tertiary/aromatic N) is 1. The van der Waals surface area contributed by atoms with Gasteiger partial charge in [-0.1, -0.05) is 44.4 Å². The van der Waals surface area contributed by atoms with Crippen LogP contribution in [0.5, 0.6) is 5.75 Å². The number of amides is 1. The van der Waals surface area contributed by atoms with E-state index in [1.165, 1.54) is 19.3 Å². The van der Waals surface area contributed by atoms with E-state index in [4.69, 9.17) is 10.00 Å². The van der Waals surface area contributed by atoms with E-state index in [2.05, 4.69) is 12.2 Å². The highest BCUT2D eigenvalue weighted by Crippen LogP contribution is 2.18. The molecule has 1 aromatic rings. The maximum absolute atomic E-state index is 11.3. The summed E-state index contributed by atoms with van der Waals surface area (Å²) in [7, 11) is 0. The van der Waals surface area contributed by atoms with Crippen LogP contribution in [0, 0.1) is 11.3 Å². The Labute approximate surface area is 120 Å². The second kappa shape index (κ2) is 9.85. The molecule has 1 amide bonds. The van der Waals surface area contributed by atoms with Gasteiger partial charge in [0.25, 0.3) is 0 Å². The zero-order valence-corrected chi connectivity index (χ0v) is 12.0. The van der Waals surface area contributed by atoms with E-state index in [1.54, 1.807) is 0 Å². The third kappa shape index (κ3) is 6.24. The van der Waals surface area contributed by atoms with E-state index in [-0.39, 0.29) is 12.3 Å². The van der Waals surface area contributed by atoms with Gasteiger partial charge in [-0.25, -0.2) is 0 Å². The topological polar surface area (TPSA) is 62.1 Å². The maximum atomic E-state index is 11.3. The lowest BCUT2D eigenvalue weighted by atomic mass is 10.2. The van der Waals surface area contributed by atoms with Gasteiger partial charge in [0.2, 0.25) is 5.91 Å². The molecular formula is C16H22N2O2. The van der Waals surface area contributed by atoms with Gasteiger partial charge < -0.3 is 10.1 Å². The van der Waals surface area contributed by atoms with Crippen LogP contribution in [0.3, 0.4) is 0 Å². The molecular weight excluding hydrogens is 252 g/mol. The van der Waals surface area contributed by atoms with E-state index < -0.39 is 0 Å². The number of carbonyl (C=O) groups excluding carboxylic acids is 1. The minimum Gasteiger partial charge on any atom is -0.493 e. The van der Waals surface area contributed by atoms with Crippen molar-refractivity contribution >= 4 is 5.91 Å². The number of ether oxygens (including phenoxy) is 1. The van der Waals surface area contributed by atoms with Crippen molar-refractivity contribution in [3.05, 3.63) is 29.8 Å². The van der Waals surface area contributed by atoms with Crippen molar-refractivity contribution in [2.24, 2.45) is 0 Å². The first kappa shape index (κ1) is 16.0. The number of rotatable bonds is 9. The molecule has 0 aliphatic heterocycles. The van der Waals surface area contributed by atoms with Gasteiger partial charge in [0.1, 0.15) is 12.2 Å². The number of benzene rings is 1. The van der Waals surface area contributed by atoms with Crippen molar-refractivity contribution in [1.82, 2.24) is 5.32 Å². The Hall–Kier alpha value is -2.02. The first-order valence-electron chi connectivity index (χ1n) is 7.12. The second-order valence-electron chi connectivity index (χ2n) is 4.63. The van der Waals surface area contributed by atoms with E-state index in [0.29, 0.717) is 13.2 Å². The van der Waals surface area contributed by atoms with Gasteiger partial charge in [0, 0.05) is 12.1 Å². The average Bonchev–Trinajstić information content (AvgIpc) is 2.46. The molecule has 0 spiro atoms. The molecule has 20 heavy (non-hydrogen) atoms. The number of carbonyl (C=O) groups is 1. The summed E-state index contributed by atoms with van der Waals surface area (Å²) >= 11 is 0. The molecule has 0 aromatic heterocycles. The molecule has 0 saturated heterocycles. The first-order valence-corrected chi connectivity index (χ1v) is 7.12. The fourth-order valence-electron chi connectivity index (χ4n) is 1.83. The summed E-state index contributed by atoms with van der Waals surface area (Å²) < 4.78 is 5.76. The Morgan fingerprint density at radius 1 is 1.30 bits per heavy atom. The molecule has 1 N–H and O–H groups in total. The predicted octanol–water partition coefficient (Wildman–Crippen LogP) is 3.18. The summed E-state index contributed by atoms with van der Waals surface area (Å²) in [5.41, 5.74) is 0.939. The molecule has 0 aliphatic carbocycles. The number of hydrogen-bond acceptors (Lipinski definition) is 3. The summed E-state index contributed by atoms with van der Waals surface area (Å²) in [6.45, 7) is 3.27. The highest BCUT2D eigenvalue weighted by atomic mass is 16.5. The highest BCUT2D eigenvalue weighted by molar-refractivity contribution is 5.78. The number of nitrogens with one attached hydrogen (secondary N) is 1. The third-order valence-electron chi connectivity index (χ3n) is 2.94. The molecule has 1 rings (SSSR count). The van der Waals surface area contributed by atoms with E-state index >= 15 is 0 Å². The Kier molecular flexibility index (Phi) is 7.90. The van der Waals surface area contributed by atoms with Crippen molar-refractivity contribution in [3.8, 4) is 11.8 Å². The lowest BCUT2D eigenvalue weighted by molar-refractivity contribution is -0.120. The molecule has 0 fully saturated rings. The molecule has 1 aromatic carbocycles. The highest BCUT2D eigenvalue weighted by Gasteiger charge is 2.05. The van der Waals surface area contributed by atoms with Crippen molar-refractivity contribution in [3.63, 3.8) is 0 Å². The monoisotopic (exact) mass is 274 g/mol. The standard InChI is InChI=1S/C16H22N2O2/c1-2-3-4-7-12-20-15-9-6-5-8-14(15)13-18-16(19)10-11-17/h5-6,8-9H,2-4,7,10,12-13H2,1H3,(H,18,19). The van der Waals surface area contributed by atoms with Gasteiger partial charge in [-0.05, 0) is 12.5 Å². The summed E-state index contributed by atoms with van der Waals surface area (Å²) in [5, 5.41) is 11.1. The molecule has 0 atom stereocenters. The Morgan fingerprint density at radius 3 is 2.85 bits per heavy atom. The van der Waals surface area contributed by atoms with E-state index in [9.17, 15) is 4.79 Å². The molecule has 108 valence electrons. The average molecular weight is 274 g/mol.